The van der Waals surface area contributed by atoms with Gasteiger partial charge in [-0.15, -0.1) is 0 Å². The van der Waals surface area contributed by atoms with E-state index in [1.54, 1.807) is 43.5 Å². The number of allylic oxidation sites excluding steroid dienone is 1. The minimum absolute atomic E-state index is 0.110. The van der Waals surface area contributed by atoms with Gasteiger partial charge in [0, 0.05) is 39.2 Å². The Morgan fingerprint density at radius 1 is 1.09 bits per heavy atom. The van der Waals surface area contributed by atoms with Crippen LogP contribution in [0.5, 0.6) is 5.75 Å². The zero-order chi connectivity index (χ0) is 22.8. The molecule has 0 bridgehead atoms. The van der Waals surface area contributed by atoms with E-state index in [0.717, 1.165) is 16.5 Å². The number of carbonyl (C=O) groups excluding carboxylic acids is 1. The highest BCUT2D eigenvalue weighted by molar-refractivity contribution is 6.36. The molecule has 3 aromatic carbocycles. The molecule has 7 heteroatoms. The highest BCUT2D eigenvalue weighted by Gasteiger charge is 2.17. The van der Waals surface area contributed by atoms with Gasteiger partial charge in [0.25, 0.3) is 0 Å². The fourth-order valence-corrected chi connectivity index (χ4v) is 3.96. The van der Waals surface area contributed by atoms with Crippen LogP contribution in [-0.2, 0) is 4.79 Å². The van der Waals surface area contributed by atoms with Crippen LogP contribution in [0.25, 0.3) is 27.7 Å². The van der Waals surface area contributed by atoms with Crippen molar-refractivity contribution in [3.8, 4) is 16.9 Å². The summed E-state index contributed by atoms with van der Waals surface area (Å²) in [7, 11) is 1.54. The smallest absolute Gasteiger partial charge is 0.248 e. The average molecular weight is 470 g/mol. The fourth-order valence-electron chi connectivity index (χ4n) is 3.45. The molecule has 0 radical (unpaired) electrons. The number of halogens is 3. The predicted octanol–water partition coefficient (Wildman–Crippen LogP) is 7.60. The number of ether oxygens (including phenoxy) is 1. The molecule has 0 saturated carbocycles. The lowest BCUT2D eigenvalue weighted by Gasteiger charge is -2.11. The van der Waals surface area contributed by atoms with Crippen LogP contribution in [0.1, 0.15) is 12.5 Å². The molecule has 0 unspecified atom stereocenters. The normalized spacial score (nSPS) is 11.6. The predicted molar refractivity (Wildman–Crippen MR) is 127 cm³/mol. The number of para-hydroxylation sites is 1. The van der Waals surface area contributed by atoms with Crippen molar-refractivity contribution in [2.24, 2.45) is 0 Å². The molecule has 162 valence electrons. The topological polar surface area (TPSA) is 51.5 Å². The number of methoxy groups -OCH3 is 1. The number of nitrogens with one attached hydrogen (secondary N) is 1. The van der Waals surface area contributed by atoms with Crippen LogP contribution in [0.2, 0.25) is 10.0 Å². The van der Waals surface area contributed by atoms with E-state index in [9.17, 15) is 9.18 Å². The van der Waals surface area contributed by atoms with Gasteiger partial charge in [0.05, 0.1) is 24.1 Å². The first kappa shape index (κ1) is 21.9. The van der Waals surface area contributed by atoms with E-state index < -0.39 is 11.7 Å². The second-order valence-corrected chi connectivity index (χ2v) is 7.96. The van der Waals surface area contributed by atoms with Crippen molar-refractivity contribution in [2.75, 3.05) is 12.4 Å². The Morgan fingerprint density at radius 2 is 1.88 bits per heavy atom. The number of anilines is 1. The van der Waals surface area contributed by atoms with Gasteiger partial charge < -0.3 is 14.5 Å². The van der Waals surface area contributed by atoms with Crippen LogP contribution < -0.4 is 10.1 Å². The van der Waals surface area contributed by atoms with Crippen molar-refractivity contribution in [3.05, 3.63) is 88.4 Å². The number of benzene rings is 3. The van der Waals surface area contributed by atoms with Gasteiger partial charge in [0.15, 0.2) is 0 Å². The Labute approximate surface area is 194 Å². The van der Waals surface area contributed by atoms with Gasteiger partial charge in [0.1, 0.15) is 17.1 Å². The summed E-state index contributed by atoms with van der Waals surface area (Å²) >= 11 is 12.4. The standard InChI is InChI=1S/C25H18Cl2FNO3/c1-14(9-25(30)29-22-6-4-3-5-21(22)28)17-11-18-19(13-32-24(18)12-23(17)31-2)16-8-7-15(26)10-20(16)27/h3-13H,1-2H3,(H,29,30)/b14-9+. The van der Waals surface area contributed by atoms with Crippen molar-refractivity contribution in [3.63, 3.8) is 0 Å². The molecule has 0 aliphatic heterocycles. The van der Waals surface area contributed by atoms with Crippen molar-refractivity contribution in [2.45, 2.75) is 6.92 Å². The summed E-state index contributed by atoms with van der Waals surface area (Å²) in [6.07, 6.45) is 3.01. The van der Waals surface area contributed by atoms with Gasteiger partial charge in [-0.3, -0.25) is 4.79 Å². The monoisotopic (exact) mass is 469 g/mol. The summed E-state index contributed by atoms with van der Waals surface area (Å²) < 4.78 is 25.1. The molecule has 1 amide bonds. The van der Waals surface area contributed by atoms with Crippen LogP contribution in [0.3, 0.4) is 0 Å². The van der Waals surface area contributed by atoms with Gasteiger partial charge >= 0.3 is 0 Å². The summed E-state index contributed by atoms with van der Waals surface area (Å²) in [6.45, 7) is 1.78. The third-order valence-corrected chi connectivity index (χ3v) is 5.57. The van der Waals surface area contributed by atoms with Crippen molar-refractivity contribution >= 4 is 51.3 Å². The number of hydrogen-bond acceptors (Lipinski definition) is 3. The maximum Gasteiger partial charge on any atom is 0.248 e. The molecule has 0 fully saturated rings. The first-order chi connectivity index (χ1) is 15.4. The fraction of sp³-hybridized carbons (Fsp3) is 0.0800. The minimum Gasteiger partial charge on any atom is -0.496 e. The maximum atomic E-state index is 13.8. The van der Waals surface area contributed by atoms with E-state index in [0.29, 0.717) is 32.5 Å². The molecule has 0 aliphatic carbocycles. The van der Waals surface area contributed by atoms with Gasteiger partial charge in [-0.2, -0.15) is 0 Å². The highest BCUT2D eigenvalue weighted by Crippen LogP contribution is 2.40. The third kappa shape index (κ3) is 4.35. The number of hydrogen-bond donors (Lipinski definition) is 1. The van der Waals surface area contributed by atoms with E-state index in [2.05, 4.69) is 5.32 Å². The molecule has 1 N–H and O–H groups in total. The lowest BCUT2D eigenvalue weighted by atomic mass is 9.99. The van der Waals surface area contributed by atoms with Crippen LogP contribution in [0.4, 0.5) is 10.1 Å². The average Bonchev–Trinajstić information content (AvgIpc) is 3.17. The number of rotatable bonds is 5. The highest BCUT2D eigenvalue weighted by atomic mass is 35.5. The quantitative estimate of drug-likeness (QED) is 0.306. The molecule has 0 aliphatic rings. The Hall–Kier alpha value is -3.28. The number of carbonyl (C=O) groups is 1. The molecule has 1 heterocycles. The molecular weight excluding hydrogens is 452 g/mol. The summed E-state index contributed by atoms with van der Waals surface area (Å²) in [5, 5.41) is 4.38. The first-order valence-electron chi connectivity index (χ1n) is 9.66. The van der Waals surface area contributed by atoms with E-state index in [-0.39, 0.29) is 5.69 Å². The van der Waals surface area contributed by atoms with Gasteiger partial charge in [0.2, 0.25) is 5.91 Å². The summed E-state index contributed by atoms with van der Waals surface area (Å²) in [4.78, 5) is 12.5. The molecule has 0 saturated heterocycles. The second kappa shape index (κ2) is 9.07. The maximum absolute atomic E-state index is 13.8. The molecule has 1 aromatic heterocycles. The lowest BCUT2D eigenvalue weighted by molar-refractivity contribution is -0.111. The molecule has 4 nitrogen and oxygen atoms in total. The number of furan rings is 1. The molecule has 0 atom stereocenters. The van der Waals surface area contributed by atoms with E-state index in [1.165, 1.54) is 25.3 Å². The van der Waals surface area contributed by atoms with Crippen LogP contribution in [-0.4, -0.2) is 13.0 Å². The number of fused-ring (bicyclic) bond motifs is 1. The Balaban J connectivity index is 1.75. The molecule has 4 aromatic rings. The van der Waals surface area contributed by atoms with Gasteiger partial charge in [-0.1, -0.05) is 41.4 Å². The van der Waals surface area contributed by atoms with Crippen LogP contribution in [0, 0.1) is 5.82 Å². The summed E-state index contributed by atoms with van der Waals surface area (Å²) in [5.74, 6) is -0.426. The molecular formula is C25H18Cl2FNO3. The Bertz CT molecular complexity index is 1360. The second-order valence-electron chi connectivity index (χ2n) is 7.12. The first-order valence-corrected chi connectivity index (χ1v) is 10.4. The van der Waals surface area contributed by atoms with E-state index in [4.69, 9.17) is 32.4 Å². The summed E-state index contributed by atoms with van der Waals surface area (Å²) in [6, 6.07) is 14.9. The Kier molecular flexibility index (Phi) is 6.21. The van der Waals surface area contributed by atoms with Crippen molar-refractivity contribution in [1.82, 2.24) is 0 Å². The molecule has 4 rings (SSSR count). The van der Waals surface area contributed by atoms with E-state index >= 15 is 0 Å². The van der Waals surface area contributed by atoms with Crippen LogP contribution in [0.15, 0.2) is 71.4 Å². The molecule has 0 spiro atoms. The van der Waals surface area contributed by atoms with Gasteiger partial charge in [-0.25, -0.2) is 4.39 Å². The number of amides is 1. The SMILES string of the molecule is COc1cc2occ(-c3ccc(Cl)cc3Cl)c2cc1/C(C)=C/C(=O)Nc1ccccc1F. The summed E-state index contributed by atoms with van der Waals surface area (Å²) in [5.41, 5.74) is 3.59. The van der Waals surface area contributed by atoms with Crippen LogP contribution >= 0.6 is 23.2 Å². The lowest BCUT2D eigenvalue weighted by Crippen LogP contribution is -2.10. The Morgan fingerprint density at radius 3 is 2.59 bits per heavy atom. The van der Waals surface area contributed by atoms with Crippen molar-refractivity contribution in [1.29, 1.82) is 0 Å². The zero-order valence-electron chi connectivity index (χ0n) is 17.2. The zero-order valence-corrected chi connectivity index (χ0v) is 18.7. The third-order valence-electron chi connectivity index (χ3n) is 5.02. The van der Waals surface area contributed by atoms with E-state index in [1.807, 2.05) is 12.1 Å². The van der Waals surface area contributed by atoms with Gasteiger partial charge in [-0.05, 0) is 42.8 Å². The van der Waals surface area contributed by atoms with Crippen molar-refractivity contribution < 1.29 is 18.3 Å². The molecule has 32 heavy (non-hydrogen) atoms. The largest absolute Gasteiger partial charge is 0.496 e. The minimum atomic E-state index is -0.506.